The fraction of sp³-hybridized carbons (Fsp3) is 0.409. The molecule has 29 heavy (non-hydrogen) atoms. The first-order valence-corrected chi connectivity index (χ1v) is 11.4. The van der Waals surface area contributed by atoms with Crippen LogP contribution in [0.5, 0.6) is 5.75 Å². The second-order valence-electron chi connectivity index (χ2n) is 8.07. The minimum atomic E-state index is -3.72. The summed E-state index contributed by atoms with van der Waals surface area (Å²) in [6, 6.07) is 11.5. The lowest BCUT2D eigenvalue weighted by atomic mass is 9.95. The van der Waals surface area contributed by atoms with Crippen molar-refractivity contribution in [2.75, 3.05) is 11.8 Å². The van der Waals surface area contributed by atoms with Crippen LogP contribution in [0.3, 0.4) is 0 Å². The Balaban J connectivity index is 1.45. The minimum absolute atomic E-state index is 0.0878. The average molecular weight is 415 g/mol. The van der Waals surface area contributed by atoms with Gasteiger partial charge in [-0.05, 0) is 86.1 Å². The number of aryl methyl sites for hydroxylation is 1. The summed E-state index contributed by atoms with van der Waals surface area (Å²) in [4.78, 5) is 12.8. The van der Waals surface area contributed by atoms with E-state index in [-0.39, 0.29) is 16.8 Å². The van der Waals surface area contributed by atoms with E-state index in [9.17, 15) is 13.2 Å². The molecule has 0 radical (unpaired) electrons. The molecule has 2 aliphatic carbocycles. The Bertz CT molecular complexity index is 1020. The van der Waals surface area contributed by atoms with Gasteiger partial charge >= 0.3 is 0 Å². The van der Waals surface area contributed by atoms with Crippen molar-refractivity contribution in [3.63, 3.8) is 0 Å². The summed E-state index contributed by atoms with van der Waals surface area (Å²) < 4.78 is 33.0. The maximum Gasteiger partial charge on any atom is 0.261 e. The number of anilines is 1. The number of amides is 1. The summed E-state index contributed by atoms with van der Waals surface area (Å²) in [5.74, 6) is 1.88. The van der Waals surface area contributed by atoms with Gasteiger partial charge in [-0.15, -0.1) is 0 Å². The van der Waals surface area contributed by atoms with Crippen LogP contribution >= 0.6 is 0 Å². The molecule has 0 aromatic heterocycles. The van der Waals surface area contributed by atoms with Crippen molar-refractivity contribution < 1.29 is 17.9 Å². The maximum atomic E-state index is 12.6. The summed E-state index contributed by atoms with van der Waals surface area (Å²) >= 11 is 0. The Morgan fingerprint density at radius 2 is 1.83 bits per heavy atom. The van der Waals surface area contributed by atoms with Crippen molar-refractivity contribution in [3.05, 3.63) is 53.6 Å². The van der Waals surface area contributed by atoms with Crippen molar-refractivity contribution in [3.8, 4) is 5.75 Å². The fourth-order valence-electron chi connectivity index (χ4n) is 4.55. The first-order valence-electron chi connectivity index (χ1n) is 9.94. The zero-order chi connectivity index (χ0) is 20.6. The highest BCUT2D eigenvalue weighted by atomic mass is 32.2. The molecule has 7 heteroatoms. The standard InChI is InChI=1S/C22H26N2O4S/c1-14-11-17(22(25)23-21-13-15-3-4-16(21)12-15)5-10-20(14)24-29(26,27)19-8-6-18(28-2)7-9-19/h5-11,15-16,21,24H,3-4,12-13H2,1-2H3,(H,23,25)/t15-,16-,21+/m1/s1. The molecule has 0 unspecified atom stereocenters. The van der Waals surface area contributed by atoms with E-state index in [2.05, 4.69) is 10.0 Å². The predicted molar refractivity (Wildman–Crippen MR) is 112 cm³/mol. The van der Waals surface area contributed by atoms with Crippen LogP contribution in [0.15, 0.2) is 47.4 Å². The zero-order valence-electron chi connectivity index (χ0n) is 16.6. The SMILES string of the molecule is COc1ccc(S(=O)(=O)Nc2ccc(C(=O)N[C@H]3C[C@@H]4CC[C@@H]3C4)cc2C)cc1. The number of ether oxygens (including phenoxy) is 1. The van der Waals surface area contributed by atoms with E-state index >= 15 is 0 Å². The maximum absolute atomic E-state index is 12.6. The second kappa shape index (κ2) is 7.71. The third-order valence-electron chi connectivity index (χ3n) is 6.16. The third-order valence-corrected chi connectivity index (χ3v) is 7.54. The summed E-state index contributed by atoms with van der Waals surface area (Å²) in [5, 5.41) is 3.17. The van der Waals surface area contributed by atoms with E-state index in [0.717, 1.165) is 12.3 Å². The lowest BCUT2D eigenvalue weighted by Gasteiger charge is -2.23. The van der Waals surface area contributed by atoms with Gasteiger partial charge in [0.2, 0.25) is 0 Å². The molecule has 0 heterocycles. The van der Waals surface area contributed by atoms with E-state index in [1.54, 1.807) is 37.3 Å². The molecule has 3 atom stereocenters. The molecule has 1 amide bonds. The number of nitrogens with one attached hydrogen (secondary N) is 2. The second-order valence-corrected chi connectivity index (χ2v) is 9.75. The summed E-state index contributed by atoms with van der Waals surface area (Å²) in [7, 11) is -2.20. The first kappa shape index (κ1) is 19.8. The van der Waals surface area contributed by atoms with E-state index in [4.69, 9.17) is 4.74 Å². The zero-order valence-corrected chi connectivity index (χ0v) is 17.5. The molecule has 2 aliphatic rings. The summed E-state index contributed by atoms with van der Waals surface area (Å²) in [5.41, 5.74) is 1.71. The van der Waals surface area contributed by atoms with Crippen LogP contribution in [0.1, 0.15) is 41.6 Å². The largest absolute Gasteiger partial charge is 0.497 e. The lowest BCUT2D eigenvalue weighted by Crippen LogP contribution is -2.38. The lowest BCUT2D eigenvalue weighted by molar-refractivity contribution is 0.0923. The Labute approximate surface area is 171 Å². The van der Waals surface area contributed by atoms with Crippen molar-refractivity contribution in [2.24, 2.45) is 11.8 Å². The third kappa shape index (κ3) is 4.10. The molecule has 6 nitrogen and oxygen atoms in total. The quantitative estimate of drug-likeness (QED) is 0.754. The van der Waals surface area contributed by atoms with Crippen LogP contribution in [0.2, 0.25) is 0 Å². The van der Waals surface area contributed by atoms with Gasteiger partial charge in [0.25, 0.3) is 15.9 Å². The smallest absolute Gasteiger partial charge is 0.261 e. The molecule has 154 valence electrons. The number of carbonyl (C=O) groups excluding carboxylic acids is 1. The molecule has 0 spiro atoms. The Morgan fingerprint density at radius 3 is 2.41 bits per heavy atom. The molecule has 2 aromatic carbocycles. The fourth-order valence-corrected chi connectivity index (χ4v) is 5.68. The number of hydrogen-bond donors (Lipinski definition) is 2. The van der Waals surface area contributed by atoms with Gasteiger partial charge < -0.3 is 10.1 Å². The minimum Gasteiger partial charge on any atom is -0.497 e. The van der Waals surface area contributed by atoms with Gasteiger partial charge in [0.1, 0.15) is 5.75 Å². The predicted octanol–water partition coefficient (Wildman–Crippen LogP) is 3.72. The highest BCUT2D eigenvalue weighted by Gasteiger charge is 2.40. The van der Waals surface area contributed by atoms with Gasteiger partial charge in [0, 0.05) is 11.6 Å². The first-order chi connectivity index (χ1) is 13.9. The number of fused-ring (bicyclic) bond motifs is 2. The van der Waals surface area contributed by atoms with Gasteiger partial charge in [-0.1, -0.05) is 6.42 Å². The van der Waals surface area contributed by atoms with Gasteiger partial charge in [-0.25, -0.2) is 8.42 Å². The summed E-state index contributed by atoms with van der Waals surface area (Å²) in [6.45, 7) is 1.79. The van der Waals surface area contributed by atoms with Crippen LogP contribution in [-0.4, -0.2) is 27.5 Å². The van der Waals surface area contributed by atoms with Crippen molar-refractivity contribution in [1.29, 1.82) is 0 Å². The highest BCUT2D eigenvalue weighted by Crippen LogP contribution is 2.44. The number of sulfonamides is 1. The number of carbonyl (C=O) groups is 1. The van der Waals surface area contributed by atoms with Gasteiger partial charge in [-0.3, -0.25) is 9.52 Å². The summed E-state index contributed by atoms with van der Waals surface area (Å²) in [6.07, 6.45) is 4.81. The van der Waals surface area contributed by atoms with Crippen LogP contribution in [0.4, 0.5) is 5.69 Å². The van der Waals surface area contributed by atoms with Crippen LogP contribution < -0.4 is 14.8 Å². The molecule has 2 fully saturated rings. The number of hydrogen-bond acceptors (Lipinski definition) is 4. The van der Waals surface area contributed by atoms with Crippen LogP contribution in [-0.2, 0) is 10.0 Å². The molecule has 2 saturated carbocycles. The Morgan fingerprint density at radius 1 is 1.07 bits per heavy atom. The van der Waals surface area contributed by atoms with Gasteiger partial charge in [-0.2, -0.15) is 0 Å². The molecule has 0 aliphatic heterocycles. The van der Waals surface area contributed by atoms with Gasteiger partial charge in [0.15, 0.2) is 0 Å². The van der Waals surface area contributed by atoms with Crippen molar-refractivity contribution in [2.45, 2.75) is 43.5 Å². The Hall–Kier alpha value is -2.54. The number of rotatable bonds is 6. The Kier molecular flexibility index (Phi) is 5.25. The van der Waals surface area contributed by atoms with E-state index < -0.39 is 10.0 Å². The van der Waals surface area contributed by atoms with Crippen molar-refractivity contribution in [1.82, 2.24) is 5.32 Å². The molecular weight excluding hydrogens is 388 g/mol. The molecule has 4 rings (SSSR count). The highest BCUT2D eigenvalue weighted by molar-refractivity contribution is 7.92. The van der Waals surface area contributed by atoms with Gasteiger partial charge in [0.05, 0.1) is 17.7 Å². The normalized spacial score (nSPS) is 23.0. The monoisotopic (exact) mass is 414 g/mol. The number of benzene rings is 2. The molecule has 2 aromatic rings. The van der Waals surface area contributed by atoms with Crippen LogP contribution in [0.25, 0.3) is 0 Å². The van der Waals surface area contributed by atoms with Crippen LogP contribution in [0, 0.1) is 18.8 Å². The molecule has 2 bridgehead atoms. The average Bonchev–Trinajstić information content (AvgIpc) is 3.32. The molecular formula is C22H26N2O4S. The molecule has 0 saturated heterocycles. The van der Waals surface area contributed by atoms with E-state index in [0.29, 0.717) is 28.5 Å². The van der Waals surface area contributed by atoms with Crippen molar-refractivity contribution >= 4 is 21.6 Å². The molecule has 2 N–H and O–H groups in total. The number of methoxy groups -OCH3 is 1. The topological polar surface area (TPSA) is 84.5 Å². The van der Waals surface area contributed by atoms with E-state index in [1.807, 2.05) is 0 Å². The van der Waals surface area contributed by atoms with E-state index in [1.165, 1.54) is 38.5 Å².